The maximum absolute atomic E-state index is 14.2. The van der Waals surface area contributed by atoms with Crippen LogP contribution in [0.5, 0.6) is 5.75 Å². The van der Waals surface area contributed by atoms with Gasteiger partial charge in [-0.1, -0.05) is 37.2 Å². The molecule has 20 heavy (non-hydrogen) atoms. The van der Waals surface area contributed by atoms with Crippen LogP contribution in [0.25, 0.3) is 0 Å². The van der Waals surface area contributed by atoms with E-state index in [1.54, 1.807) is 12.1 Å². The molecule has 0 amide bonds. The van der Waals surface area contributed by atoms with Crippen LogP contribution in [0.15, 0.2) is 18.2 Å². The summed E-state index contributed by atoms with van der Waals surface area (Å²) in [5.41, 5.74) is 6.31. The minimum Gasteiger partial charge on any atom is -0.494 e. The third-order valence-corrected chi connectivity index (χ3v) is 3.97. The second kappa shape index (κ2) is 6.99. The van der Waals surface area contributed by atoms with Crippen LogP contribution in [-0.2, 0) is 6.54 Å². The monoisotopic (exact) mass is 296 g/mol. The molecular weight excluding hydrogens is 275 g/mol. The number of benzene rings is 1. The summed E-state index contributed by atoms with van der Waals surface area (Å²) in [6.07, 6.45) is 4.71. The molecule has 1 aromatic carbocycles. The van der Waals surface area contributed by atoms with Gasteiger partial charge in [0.15, 0.2) is 11.6 Å². The highest BCUT2D eigenvalue weighted by Gasteiger charge is 2.24. The SMILES string of the molecule is COc1cccc(CN(CC(N)=S)C2CCCC2)c1F. The minimum absolute atomic E-state index is 0.282. The molecule has 3 nitrogen and oxygen atoms in total. The average molecular weight is 296 g/mol. The van der Waals surface area contributed by atoms with Gasteiger partial charge in [0.2, 0.25) is 0 Å². The second-order valence-corrected chi connectivity index (χ2v) is 5.77. The van der Waals surface area contributed by atoms with E-state index in [0.717, 1.165) is 12.8 Å². The molecule has 110 valence electrons. The Hall–Kier alpha value is -1.20. The normalized spacial score (nSPS) is 15.8. The number of rotatable bonds is 6. The first-order chi connectivity index (χ1) is 9.61. The van der Waals surface area contributed by atoms with E-state index in [1.807, 2.05) is 6.07 Å². The largest absolute Gasteiger partial charge is 0.494 e. The average Bonchev–Trinajstić information content (AvgIpc) is 2.93. The smallest absolute Gasteiger partial charge is 0.169 e. The molecule has 1 saturated carbocycles. The zero-order valence-corrected chi connectivity index (χ0v) is 12.6. The molecule has 0 spiro atoms. The van der Waals surface area contributed by atoms with Gasteiger partial charge >= 0.3 is 0 Å². The molecule has 0 bridgehead atoms. The Morgan fingerprint density at radius 1 is 1.45 bits per heavy atom. The molecule has 0 aromatic heterocycles. The van der Waals surface area contributed by atoms with Crippen LogP contribution in [0.1, 0.15) is 31.2 Å². The van der Waals surface area contributed by atoms with Gasteiger partial charge in [-0.15, -0.1) is 0 Å². The molecule has 1 aromatic rings. The third-order valence-electron chi connectivity index (χ3n) is 3.84. The molecule has 0 heterocycles. The molecular formula is C15H21FN2OS. The number of hydrogen-bond donors (Lipinski definition) is 1. The van der Waals surface area contributed by atoms with Crippen molar-refractivity contribution in [2.24, 2.45) is 5.73 Å². The molecule has 1 aliphatic rings. The number of halogens is 1. The molecule has 0 saturated heterocycles. The fraction of sp³-hybridized carbons (Fsp3) is 0.533. The lowest BCUT2D eigenvalue weighted by molar-refractivity contribution is 0.215. The number of nitrogens with zero attached hydrogens (tertiary/aromatic N) is 1. The first-order valence-electron chi connectivity index (χ1n) is 6.95. The van der Waals surface area contributed by atoms with Gasteiger partial charge in [-0.05, 0) is 18.9 Å². The van der Waals surface area contributed by atoms with Crippen molar-refractivity contribution in [1.82, 2.24) is 4.90 Å². The maximum atomic E-state index is 14.2. The topological polar surface area (TPSA) is 38.5 Å². The van der Waals surface area contributed by atoms with E-state index >= 15 is 0 Å². The predicted molar refractivity (Wildman–Crippen MR) is 82.4 cm³/mol. The summed E-state index contributed by atoms with van der Waals surface area (Å²) in [7, 11) is 1.48. The van der Waals surface area contributed by atoms with Gasteiger partial charge < -0.3 is 10.5 Å². The quantitative estimate of drug-likeness (QED) is 0.819. The fourth-order valence-electron chi connectivity index (χ4n) is 2.84. The molecule has 0 atom stereocenters. The molecule has 0 unspecified atom stereocenters. The van der Waals surface area contributed by atoms with Crippen molar-refractivity contribution in [3.63, 3.8) is 0 Å². The summed E-state index contributed by atoms with van der Waals surface area (Å²) < 4.78 is 19.3. The molecule has 0 radical (unpaired) electrons. The van der Waals surface area contributed by atoms with Gasteiger partial charge in [-0.3, -0.25) is 4.90 Å². The third kappa shape index (κ3) is 3.67. The highest BCUT2D eigenvalue weighted by Crippen LogP contribution is 2.27. The van der Waals surface area contributed by atoms with E-state index in [1.165, 1.54) is 20.0 Å². The summed E-state index contributed by atoms with van der Waals surface area (Å²) in [5, 5.41) is 0. The van der Waals surface area contributed by atoms with E-state index in [4.69, 9.17) is 22.7 Å². The first-order valence-corrected chi connectivity index (χ1v) is 7.36. The van der Waals surface area contributed by atoms with Crippen molar-refractivity contribution in [2.45, 2.75) is 38.3 Å². The van der Waals surface area contributed by atoms with Gasteiger partial charge in [-0.25, -0.2) is 4.39 Å². The van der Waals surface area contributed by atoms with Gasteiger partial charge in [0.1, 0.15) is 0 Å². The Balaban J connectivity index is 2.16. The van der Waals surface area contributed by atoms with Crippen molar-refractivity contribution in [2.75, 3.05) is 13.7 Å². The lowest BCUT2D eigenvalue weighted by atomic mass is 10.1. The number of thiocarbonyl (C=S) groups is 1. The van der Waals surface area contributed by atoms with Crippen molar-refractivity contribution in [3.05, 3.63) is 29.6 Å². The Labute approximate surface area is 124 Å². The summed E-state index contributed by atoms with van der Waals surface area (Å²) in [4.78, 5) is 2.65. The number of ether oxygens (including phenoxy) is 1. The molecule has 0 aliphatic heterocycles. The van der Waals surface area contributed by atoms with E-state index in [9.17, 15) is 4.39 Å². The summed E-state index contributed by atoms with van der Waals surface area (Å²) in [6.45, 7) is 1.06. The fourth-order valence-corrected chi connectivity index (χ4v) is 3.00. The molecule has 2 rings (SSSR count). The van der Waals surface area contributed by atoms with Crippen LogP contribution in [0, 0.1) is 5.82 Å². The van der Waals surface area contributed by atoms with Gasteiger partial charge in [0.25, 0.3) is 0 Å². The number of methoxy groups -OCH3 is 1. The number of hydrogen-bond acceptors (Lipinski definition) is 3. The Morgan fingerprint density at radius 3 is 2.75 bits per heavy atom. The standard InChI is InChI=1S/C15H21FN2OS/c1-19-13-8-4-5-11(15(13)16)9-18(10-14(17)20)12-6-2-3-7-12/h4-5,8,12H,2-3,6-7,9-10H2,1H3,(H2,17,20). The lowest BCUT2D eigenvalue weighted by Gasteiger charge is -2.28. The molecule has 2 N–H and O–H groups in total. The van der Waals surface area contributed by atoms with Crippen molar-refractivity contribution in [1.29, 1.82) is 0 Å². The lowest BCUT2D eigenvalue weighted by Crippen LogP contribution is -2.39. The van der Waals surface area contributed by atoms with E-state index in [-0.39, 0.29) is 11.6 Å². The molecule has 1 fully saturated rings. The minimum atomic E-state index is -0.291. The summed E-state index contributed by atoms with van der Waals surface area (Å²) >= 11 is 5.02. The van der Waals surface area contributed by atoms with Gasteiger partial charge in [0, 0.05) is 24.7 Å². The van der Waals surface area contributed by atoms with Crippen LogP contribution < -0.4 is 10.5 Å². The zero-order chi connectivity index (χ0) is 14.5. The van der Waals surface area contributed by atoms with Gasteiger partial charge in [0.05, 0.1) is 12.1 Å². The second-order valence-electron chi connectivity index (χ2n) is 5.24. The number of nitrogens with two attached hydrogens (primary N) is 1. The van der Waals surface area contributed by atoms with Crippen LogP contribution >= 0.6 is 12.2 Å². The maximum Gasteiger partial charge on any atom is 0.169 e. The molecule has 1 aliphatic carbocycles. The van der Waals surface area contributed by atoms with Crippen LogP contribution in [0.3, 0.4) is 0 Å². The zero-order valence-electron chi connectivity index (χ0n) is 11.8. The van der Waals surface area contributed by atoms with Crippen molar-refractivity contribution in [3.8, 4) is 5.75 Å². The van der Waals surface area contributed by atoms with E-state index in [2.05, 4.69) is 4.90 Å². The Bertz CT molecular complexity index is 475. The van der Waals surface area contributed by atoms with E-state index < -0.39 is 0 Å². The van der Waals surface area contributed by atoms with Gasteiger partial charge in [-0.2, -0.15) is 0 Å². The highest BCUT2D eigenvalue weighted by molar-refractivity contribution is 7.80. The van der Waals surface area contributed by atoms with E-state index in [0.29, 0.717) is 29.7 Å². The van der Waals surface area contributed by atoms with Crippen molar-refractivity contribution < 1.29 is 9.13 Å². The first kappa shape index (κ1) is 15.2. The Morgan fingerprint density at radius 2 is 2.15 bits per heavy atom. The summed E-state index contributed by atoms with van der Waals surface area (Å²) in [5.74, 6) is -0.00914. The predicted octanol–water partition coefficient (Wildman–Crippen LogP) is 2.87. The van der Waals surface area contributed by atoms with Crippen molar-refractivity contribution >= 4 is 17.2 Å². The van der Waals surface area contributed by atoms with Crippen LogP contribution in [0.2, 0.25) is 0 Å². The Kier molecular flexibility index (Phi) is 5.31. The van der Waals surface area contributed by atoms with Crippen LogP contribution in [-0.4, -0.2) is 29.6 Å². The summed E-state index contributed by atoms with van der Waals surface area (Å²) in [6, 6.07) is 5.68. The molecule has 5 heteroatoms. The van der Waals surface area contributed by atoms with Crippen LogP contribution in [0.4, 0.5) is 4.39 Å². The highest BCUT2D eigenvalue weighted by atomic mass is 32.1.